The average Bonchev–Trinajstić information content (AvgIpc) is 2.43. The molecule has 0 aromatic heterocycles. The molecule has 1 aromatic rings. The van der Waals surface area contributed by atoms with Crippen LogP contribution in [0.5, 0.6) is 0 Å². The number of likely N-dealkylation sites (tertiary alicyclic amines) is 1. The number of aryl methyl sites for hydroxylation is 2. The molecular weight excluding hydrogens is 248 g/mol. The molecule has 3 nitrogen and oxygen atoms in total. The smallest absolute Gasteiger partial charge is 0.227 e. The Balaban J connectivity index is 1.99. The highest BCUT2D eigenvalue weighted by Gasteiger charge is 2.27. The molecule has 0 bridgehead atoms. The Bertz CT molecular complexity index is 484. The molecule has 2 atom stereocenters. The number of nitrogens with two attached hydrogens (primary N) is 1. The van der Waals surface area contributed by atoms with E-state index in [1.807, 2.05) is 4.90 Å². The molecule has 0 radical (unpaired) electrons. The van der Waals surface area contributed by atoms with Gasteiger partial charge in [-0.2, -0.15) is 0 Å². The third-order valence-corrected chi connectivity index (χ3v) is 4.60. The molecule has 2 unspecified atom stereocenters. The molecule has 1 aliphatic rings. The summed E-state index contributed by atoms with van der Waals surface area (Å²) in [6.07, 6.45) is 2.48. The molecule has 110 valence electrons. The Kier molecular flexibility index (Phi) is 4.81. The predicted octanol–water partition coefficient (Wildman–Crippen LogP) is 2.43. The molecule has 2 rings (SSSR count). The summed E-state index contributed by atoms with van der Waals surface area (Å²) in [4.78, 5) is 14.4. The van der Waals surface area contributed by atoms with Crippen LogP contribution in [0.4, 0.5) is 0 Å². The van der Waals surface area contributed by atoms with Crippen molar-refractivity contribution in [1.82, 2.24) is 4.90 Å². The second-order valence-electron chi connectivity index (χ2n) is 6.06. The van der Waals surface area contributed by atoms with Crippen LogP contribution in [-0.2, 0) is 11.2 Å². The van der Waals surface area contributed by atoms with E-state index in [1.54, 1.807) is 0 Å². The topological polar surface area (TPSA) is 46.3 Å². The van der Waals surface area contributed by atoms with Gasteiger partial charge in [0, 0.05) is 19.1 Å². The summed E-state index contributed by atoms with van der Waals surface area (Å²) < 4.78 is 0. The Morgan fingerprint density at radius 1 is 1.35 bits per heavy atom. The zero-order valence-corrected chi connectivity index (χ0v) is 12.9. The van der Waals surface area contributed by atoms with E-state index in [0.717, 1.165) is 31.5 Å². The van der Waals surface area contributed by atoms with Crippen LogP contribution in [0.1, 0.15) is 36.5 Å². The van der Waals surface area contributed by atoms with Crippen LogP contribution in [0.15, 0.2) is 18.2 Å². The van der Waals surface area contributed by atoms with Crippen molar-refractivity contribution in [2.24, 2.45) is 11.7 Å². The summed E-state index contributed by atoms with van der Waals surface area (Å²) in [7, 11) is 0. The first-order valence-corrected chi connectivity index (χ1v) is 7.60. The SMILES string of the molecule is CCC1CN(C(=O)Cc2ccc(C)c(C)c2)CCC1N. The quantitative estimate of drug-likeness (QED) is 0.920. The Labute approximate surface area is 122 Å². The van der Waals surface area contributed by atoms with Crippen LogP contribution in [0, 0.1) is 19.8 Å². The Morgan fingerprint density at radius 3 is 2.75 bits per heavy atom. The lowest BCUT2D eigenvalue weighted by Crippen LogP contribution is -2.49. The van der Waals surface area contributed by atoms with Crippen LogP contribution in [0.2, 0.25) is 0 Å². The van der Waals surface area contributed by atoms with Crippen LogP contribution in [0.25, 0.3) is 0 Å². The minimum Gasteiger partial charge on any atom is -0.342 e. The van der Waals surface area contributed by atoms with Crippen molar-refractivity contribution in [1.29, 1.82) is 0 Å². The van der Waals surface area contributed by atoms with Gasteiger partial charge in [-0.3, -0.25) is 4.79 Å². The van der Waals surface area contributed by atoms with E-state index >= 15 is 0 Å². The van der Waals surface area contributed by atoms with Crippen LogP contribution in [0.3, 0.4) is 0 Å². The molecule has 1 aliphatic heterocycles. The van der Waals surface area contributed by atoms with E-state index in [9.17, 15) is 4.79 Å². The average molecular weight is 274 g/mol. The van der Waals surface area contributed by atoms with Crippen molar-refractivity contribution in [3.05, 3.63) is 34.9 Å². The number of hydrogen-bond acceptors (Lipinski definition) is 2. The number of piperidine rings is 1. The number of rotatable bonds is 3. The van der Waals surface area contributed by atoms with Crippen molar-refractivity contribution in [2.75, 3.05) is 13.1 Å². The number of amides is 1. The summed E-state index contributed by atoms with van der Waals surface area (Å²) in [5, 5.41) is 0. The summed E-state index contributed by atoms with van der Waals surface area (Å²) in [5.74, 6) is 0.686. The second-order valence-corrected chi connectivity index (χ2v) is 6.06. The van der Waals surface area contributed by atoms with Gasteiger partial charge < -0.3 is 10.6 Å². The van der Waals surface area contributed by atoms with E-state index in [1.165, 1.54) is 11.1 Å². The molecule has 1 saturated heterocycles. The molecule has 3 heteroatoms. The maximum atomic E-state index is 12.4. The van der Waals surface area contributed by atoms with Crippen molar-refractivity contribution in [2.45, 2.75) is 46.1 Å². The van der Waals surface area contributed by atoms with Crippen LogP contribution >= 0.6 is 0 Å². The fraction of sp³-hybridized carbons (Fsp3) is 0.588. The van der Waals surface area contributed by atoms with Gasteiger partial charge in [0.1, 0.15) is 0 Å². The van der Waals surface area contributed by atoms with Crippen molar-refractivity contribution in [3.8, 4) is 0 Å². The molecule has 0 spiro atoms. The lowest BCUT2D eigenvalue weighted by Gasteiger charge is -2.36. The molecule has 1 aromatic carbocycles. The molecule has 2 N–H and O–H groups in total. The summed E-state index contributed by atoms with van der Waals surface area (Å²) in [5.41, 5.74) is 9.74. The van der Waals surface area contributed by atoms with E-state index in [2.05, 4.69) is 39.0 Å². The molecular formula is C17H26N2O. The van der Waals surface area contributed by atoms with Gasteiger partial charge >= 0.3 is 0 Å². The zero-order valence-electron chi connectivity index (χ0n) is 12.9. The molecule has 0 saturated carbocycles. The predicted molar refractivity (Wildman–Crippen MR) is 82.6 cm³/mol. The standard InChI is InChI=1S/C17H26N2O/c1-4-15-11-19(8-7-16(15)18)17(20)10-14-6-5-12(2)13(3)9-14/h5-6,9,15-16H,4,7-8,10-11,18H2,1-3H3. The molecule has 20 heavy (non-hydrogen) atoms. The first-order valence-electron chi connectivity index (χ1n) is 7.60. The lowest BCUT2D eigenvalue weighted by atomic mass is 9.90. The van der Waals surface area contributed by atoms with Gasteiger partial charge in [-0.15, -0.1) is 0 Å². The first kappa shape index (κ1) is 15.0. The van der Waals surface area contributed by atoms with E-state index < -0.39 is 0 Å². The largest absolute Gasteiger partial charge is 0.342 e. The normalized spacial score (nSPS) is 22.9. The van der Waals surface area contributed by atoms with Gasteiger partial charge in [0.15, 0.2) is 0 Å². The highest BCUT2D eigenvalue weighted by Crippen LogP contribution is 2.20. The van der Waals surface area contributed by atoms with E-state index in [0.29, 0.717) is 12.3 Å². The van der Waals surface area contributed by atoms with Crippen molar-refractivity contribution in [3.63, 3.8) is 0 Å². The fourth-order valence-corrected chi connectivity index (χ4v) is 2.91. The van der Waals surface area contributed by atoms with Gasteiger partial charge in [0.05, 0.1) is 6.42 Å². The number of benzene rings is 1. The van der Waals surface area contributed by atoms with Crippen LogP contribution in [-0.4, -0.2) is 29.9 Å². The third kappa shape index (κ3) is 3.40. The van der Waals surface area contributed by atoms with Gasteiger partial charge in [0.2, 0.25) is 5.91 Å². The summed E-state index contributed by atoms with van der Waals surface area (Å²) >= 11 is 0. The first-order chi connectivity index (χ1) is 9.51. The number of hydrogen-bond donors (Lipinski definition) is 1. The van der Waals surface area contributed by atoms with Crippen molar-refractivity contribution >= 4 is 5.91 Å². The molecule has 0 aliphatic carbocycles. The summed E-state index contributed by atoms with van der Waals surface area (Å²) in [6, 6.07) is 6.54. The van der Waals surface area contributed by atoms with Gasteiger partial charge in [-0.05, 0) is 42.9 Å². The Morgan fingerprint density at radius 2 is 2.10 bits per heavy atom. The second kappa shape index (κ2) is 6.40. The maximum absolute atomic E-state index is 12.4. The third-order valence-electron chi connectivity index (χ3n) is 4.60. The highest BCUT2D eigenvalue weighted by molar-refractivity contribution is 5.79. The fourth-order valence-electron chi connectivity index (χ4n) is 2.91. The van der Waals surface area contributed by atoms with E-state index in [-0.39, 0.29) is 11.9 Å². The van der Waals surface area contributed by atoms with Gasteiger partial charge in [-0.1, -0.05) is 31.5 Å². The minimum atomic E-state index is 0.235. The number of nitrogens with zero attached hydrogens (tertiary/aromatic N) is 1. The highest BCUT2D eigenvalue weighted by atomic mass is 16.2. The van der Waals surface area contributed by atoms with E-state index in [4.69, 9.17) is 5.73 Å². The lowest BCUT2D eigenvalue weighted by molar-refractivity contribution is -0.132. The number of carbonyl (C=O) groups excluding carboxylic acids is 1. The summed E-state index contributed by atoms with van der Waals surface area (Å²) in [6.45, 7) is 7.97. The minimum absolute atomic E-state index is 0.235. The van der Waals surface area contributed by atoms with Gasteiger partial charge in [0.25, 0.3) is 0 Å². The Hall–Kier alpha value is -1.35. The van der Waals surface area contributed by atoms with Gasteiger partial charge in [-0.25, -0.2) is 0 Å². The molecule has 1 amide bonds. The number of carbonyl (C=O) groups is 1. The zero-order chi connectivity index (χ0) is 14.7. The van der Waals surface area contributed by atoms with Crippen molar-refractivity contribution < 1.29 is 4.79 Å². The maximum Gasteiger partial charge on any atom is 0.227 e. The molecule has 1 fully saturated rings. The van der Waals surface area contributed by atoms with Crippen LogP contribution < -0.4 is 5.73 Å². The molecule has 1 heterocycles. The monoisotopic (exact) mass is 274 g/mol.